The number of hydrogen-bond acceptors (Lipinski definition) is 2. The van der Waals surface area contributed by atoms with Crippen molar-refractivity contribution < 1.29 is 22.4 Å². The highest BCUT2D eigenvalue weighted by Crippen LogP contribution is 2.64. The normalized spacial score (nSPS) is 29.5. The number of hydrogen-bond donors (Lipinski definition) is 0. The highest BCUT2D eigenvalue weighted by molar-refractivity contribution is 5.83. The Morgan fingerprint density at radius 3 is 2.45 bits per heavy atom. The fourth-order valence-electron chi connectivity index (χ4n) is 5.90. The zero-order valence-corrected chi connectivity index (χ0v) is 17.3. The average molecular weight is 434 g/mol. The van der Waals surface area contributed by atoms with E-state index in [2.05, 4.69) is 4.98 Å². The molecule has 2 aliphatic carbocycles. The van der Waals surface area contributed by atoms with Gasteiger partial charge in [-0.05, 0) is 86.1 Å². The number of rotatable bonds is 2. The molecule has 166 valence electrons. The molecule has 1 aliphatic heterocycles. The Labute approximate surface area is 178 Å². The molecule has 1 spiro atoms. The topological polar surface area (TPSA) is 33.2 Å². The first-order chi connectivity index (χ1) is 14.8. The maximum atomic E-state index is 13.8. The van der Waals surface area contributed by atoms with E-state index in [-0.39, 0.29) is 49.0 Å². The van der Waals surface area contributed by atoms with Gasteiger partial charge in [0, 0.05) is 30.6 Å². The van der Waals surface area contributed by atoms with Crippen LogP contribution in [0.5, 0.6) is 0 Å². The van der Waals surface area contributed by atoms with Gasteiger partial charge >= 0.3 is 6.18 Å². The Kier molecular flexibility index (Phi) is 4.98. The molecule has 1 amide bonds. The van der Waals surface area contributed by atoms with E-state index < -0.39 is 12.1 Å². The van der Waals surface area contributed by atoms with Gasteiger partial charge in [0.05, 0.1) is 11.4 Å². The van der Waals surface area contributed by atoms with Gasteiger partial charge in [0.15, 0.2) is 0 Å². The number of carbonyl (C=O) groups is 1. The summed E-state index contributed by atoms with van der Waals surface area (Å²) in [5, 5.41) is 0.861. The lowest BCUT2D eigenvalue weighted by molar-refractivity contribution is -0.186. The largest absolute Gasteiger partial charge is 0.391 e. The van der Waals surface area contributed by atoms with Gasteiger partial charge in [-0.15, -0.1) is 0 Å². The van der Waals surface area contributed by atoms with Crippen LogP contribution in [0, 0.1) is 23.1 Å². The Hall–Kier alpha value is -2.18. The number of likely N-dealkylation sites (tertiary alicyclic amines) is 1. The summed E-state index contributed by atoms with van der Waals surface area (Å²) in [7, 11) is 0. The number of halogens is 4. The maximum Gasteiger partial charge on any atom is 0.391 e. The molecule has 3 nitrogen and oxygen atoms in total. The predicted molar refractivity (Wildman–Crippen MR) is 109 cm³/mol. The van der Waals surface area contributed by atoms with Crippen molar-refractivity contribution in [3.05, 3.63) is 41.8 Å². The first kappa shape index (κ1) is 20.7. The summed E-state index contributed by atoms with van der Waals surface area (Å²) >= 11 is 0. The fraction of sp³-hybridized carbons (Fsp3) is 0.583. The Balaban J connectivity index is 1.21. The van der Waals surface area contributed by atoms with Crippen molar-refractivity contribution in [2.75, 3.05) is 13.1 Å². The Bertz CT molecular complexity index is 989. The Morgan fingerprint density at radius 1 is 1.06 bits per heavy atom. The first-order valence-electron chi connectivity index (χ1n) is 11.2. The van der Waals surface area contributed by atoms with Crippen LogP contribution in [-0.4, -0.2) is 35.1 Å². The molecule has 3 aliphatic rings. The van der Waals surface area contributed by atoms with Crippen LogP contribution in [0.3, 0.4) is 0 Å². The molecule has 7 heteroatoms. The number of pyridine rings is 1. The van der Waals surface area contributed by atoms with Crippen molar-refractivity contribution in [1.29, 1.82) is 0 Å². The number of alkyl halides is 3. The minimum Gasteiger partial charge on any atom is -0.342 e. The van der Waals surface area contributed by atoms with E-state index >= 15 is 0 Å². The van der Waals surface area contributed by atoms with E-state index in [0.29, 0.717) is 5.92 Å². The molecule has 1 aromatic carbocycles. The van der Waals surface area contributed by atoms with Crippen molar-refractivity contribution in [2.45, 2.75) is 57.0 Å². The summed E-state index contributed by atoms with van der Waals surface area (Å²) in [5.74, 6) is -1.22. The Morgan fingerprint density at radius 2 is 1.77 bits per heavy atom. The number of benzene rings is 1. The number of fused-ring (bicyclic) bond motifs is 1. The van der Waals surface area contributed by atoms with Crippen LogP contribution in [0.4, 0.5) is 17.6 Å². The minimum absolute atomic E-state index is 0.0164. The van der Waals surface area contributed by atoms with Crippen LogP contribution in [-0.2, 0) is 4.79 Å². The van der Waals surface area contributed by atoms with Gasteiger partial charge < -0.3 is 4.90 Å². The molecule has 1 saturated heterocycles. The number of piperidine rings is 1. The molecule has 31 heavy (non-hydrogen) atoms. The number of nitrogens with zero attached hydrogens (tertiary/aromatic N) is 2. The van der Waals surface area contributed by atoms with Crippen molar-refractivity contribution in [1.82, 2.24) is 9.88 Å². The molecular weight excluding hydrogens is 408 g/mol. The molecule has 1 aromatic heterocycles. The zero-order valence-electron chi connectivity index (χ0n) is 17.3. The summed E-state index contributed by atoms with van der Waals surface area (Å²) in [6.07, 6.45) is 2.25. The summed E-state index contributed by atoms with van der Waals surface area (Å²) in [6.45, 7) is 0.430. The SMILES string of the molecule is O=C([C@H]1CC12CCC(c1ccnc3ccc(F)cc13)CC2)N1CCC(C(F)(F)F)CC1. The second-order valence-electron chi connectivity index (χ2n) is 9.60. The lowest BCUT2D eigenvalue weighted by Gasteiger charge is -2.34. The van der Waals surface area contributed by atoms with E-state index in [1.807, 2.05) is 6.07 Å². The molecule has 2 heterocycles. The maximum absolute atomic E-state index is 13.8. The van der Waals surface area contributed by atoms with Crippen molar-refractivity contribution in [3.8, 4) is 0 Å². The number of carbonyl (C=O) groups excluding carboxylic acids is 1. The first-order valence-corrected chi connectivity index (χ1v) is 11.2. The van der Waals surface area contributed by atoms with Crippen LogP contribution in [0.25, 0.3) is 10.9 Å². The molecule has 1 atom stereocenters. The number of amides is 1. The summed E-state index contributed by atoms with van der Waals surface area (Å²) < 4.78 is 52.5. The summed E-state index contributed by atoms with van der Waals surface area (Å²) in [6, 6.07) is 6.66. The van der Waals surface area contributed by atoms with Gasteiger partial charge in [-0.3, -0.25) is 9.78 Å². The van der Waals surface area contributed by atoms with Crippen molar-refractivity contribution in [3.63, 3.8) is 0 Å². The van der Waals surface area contributed by atoms with E-state index in [4.69, 9.17) is 0 Å². The van der Waals surface area contributed by atoms with Gasteiger partial charge in [0.25, 0.3) is 0 Å². The predicted octanol–water partition coefficient (Wildman–Crippen LogP) is 5.84. The van der Waals surface area contributed by atoms with Crippen LogP contribution >= 0.6 is 0 Å². The molecule has 2 aromatic rings. The standard InChI is InChI=1S/C24H26F4N2O/c25-17-1-2-21-19(13-17)18(5-10-29-21)15-3-8-23(9-4-15)14-20(23)22(31)30-11-6-16(7-12-30)24(26,27)28/h1-2,5,10,13,15-16,20H,3-4,6-9,11-12,14H2/t15?,20-,23?/m1/s1. The highest BCUT2D eigenvalue weighted by atomic mass is 19.4. The number of aromatic nitrogens is 1. The molecular formula is C24H26F4N2O. The van der Waals surface area contributed by atoms with Gasteiger partial charge in [0.2, 0.25) is 5.91 Å². The monoisotopic (exact) mass is 434 g/mol. The molecule has 0 radical (unpaired) electrons. The average Bonchev–Trinajstić information content (AvgIpc) is 3.46. The second kappa shape index (κ2) is 7.45. The molecule has 0 bridgehead atoms. The highest BCUT2D eigenvalue weighted by Gasteiger charge is 2.59. The van der Waals surface area contributed by atoms with E-state index in [1.54, 1.807) is 23.2 Å². The van der Waals surface area contributed by atoms with Crippen LogP contribution in [0.1, 0.15) is 56.4 Å². The van der Waals surface area contributed by atoms with Gasteiger partial charge in [0.1, 0.15) is 5.82 Å². The zero-order chi connectivity index (χ0) is 21.8. The van der Waals surface area contributed by atoms with Crippen LogP contribution in [0.15, 0.2) is 30.5 Å². The molecule has 3 fully saturated rings. The van der Waals surface area contributed by atoms with Crippen molar-refractivity contribution in [2.24, 2.45) is 17.3 Å². The molecule has 0 N–H and O–H groups in total. The van der Waals surface area contributed by atoms with E-state index in [9.17, 15) is 22.4 Å². The van der Waals surface area contributed by atoms with Gasteiger partial charge in [-0.1, -0.05) is 0 Å². The summed E-state index contributed by atoms with van der Waals surface area (Å²) in [5.41, 5.74) is 1.93. The molecule has 0 unspecified atom stereocenters. The van der Waals surface area contributed by atoms with Gasteiger partial charge in [-0.2, -0.15) is 13.2 Å². The molecule has 5 rings (SSSR count). The van der Waals surface area contributed by atoms with Crippen LogP contribution in [0.2, 0.25) is 0 Å². The van der Waals surface area contributed by atoms with Crippen LogP contribution < -0.4 is 0 Å². The smallest absolute Gasteiger partial charge is 0.342 e. The van der Waals surface area contributed by atoms with Gasteiger partial charge in [-0.25, -0.2) is 4.39 Å². The third-order valence-corrected chi connectivity index (χ3v) is 7.92. The lowest BCUT2D eigenvalue weighted by atomic mass is 9.75. The third kappa shape index (κ3) is 3.80. The van der Waals surface area contributed by atoms with E-state index in [1.165, 1.54) is 6.07 Å². The fourth-order valence-corrected chi connectivity index (χ4v) is 5.90. The summed E-state index contributed by atoms with van der Waals surface area (Å²) in [4.78, 5) is 18.9. The lowest BCUT2D eigenvalue weighted by Crippen LogP contribution is -2.43. The van der Waals surface area contributed by atoms with Crippen molar-refractivity contribution >= 4 is 16.8 Å². The minimum atomic E-state index is -4.16. The third-order valence-electron chi connectivity index (χ3n) is 7.92. The quantitative estimate of drug-likeness (QED) is 0.557. The molecule has 2 saturated carbocycles. The van der Waals surface area contributed by atoms with E-state index in [0.717, 1.165) is 48.6 Å². The second-order valence-corrected chi connectivity index (χ2v) is 9.60.